The van der Waals surface area contributed by atoms with E-state index in [1.807, 2.05) is 18.2 Å². The Balaban J connectivity index is 1.30. The van der Waals surface area contributed by atoms with Gasteiger partial charge in [-0.2, -0.15) is 5.26 Å². The molecule has 0 spiro atoms. The van der Waals surface area contributed by atoms with Crippen LogP contribution in [0.2, 0.25) is 5.15 Å². The highest BCUT2D eigenvalue weighted by Crippen LogP contribution is 2.44. The van der Waals surface area contributed by atoms with Gasteiger partial charge in [0.05, 0.1) is 11.6 Å². The monoisotopic (exact) mass is 461 g/mol. The Morgan fingerprint density at radius 1 is 1.15 bits per heavy atom. The number of hydrogen-bond donors (Lipinski definition) is 0. The molecule has 2 aromatic rings. The van der Waals surface area contributed by atoms with Crippen LogP contribution in [0.5, 0.6) is 0 Å². The third-order valence-electron chi connectivity index (χ3n) is 7.48. The highest BCUT2D eigenvalue weighted by Gasteiger charge is 2.45. The number of halogens is 1. The van der Waals surface area contributed by atoms with Gasteiger partial charge in [0.1, 0.15) is 17.0 Å². The Morgan fingerprint density at radius 2 is 1.97 bits per heavy atom. The summed E-state index contributed by atoms with van der Waals surface area (Å²) in [7, 11) is 0. The lowest BCUT2D eigenvalue weighted by molar-refractivity contribution is -0.135. The number of anilines is 1. The first kappa shape index (κ1) is 20.9. The van der Waals surface area contributed by atoms with Crippen molar-refractivity contribution in [1.29, 1.82) is 5.26 Å². The van der Waals surface area contributed by atoms with Crippen LogP contribution in [0.25, 0.3) is 0 Å². The van der Waals surface area contributed by atoms with E-state index in [2.05, 4.69) is 20.9 Å². The number of piperazine rings is 1. The molecular weight excluding hydrogens is 434 g/mol. The number of pyridine rings is 2. The number of nitrogens with zero attached hydrogens (tertiary/aromatic N) is 5. The fraction of sp³-hybridized carbons (Fsp3) is 0.538. The molecule has 4 aliphatic rings. The molecule has 0 aromatic carbocycles. The second-order valence-corrected chi connectivity index (χ2v) is 10.5. The van der Waals surface area contributed by atoms with E-state index in [4.69, 9.17) is 16.6 Å². The highest BCUT2D eigenvalue weighted by molar-refractivity contribution is 6.29. The quantitative estimate of drug-likeness (QED) is 0.599. The third-order valence-corrected chi connectivity index (χ3v) is 7.69. The Labute approximate surface area is 199 Å². The second-order valence-electron chi connectivity index (χ2n) is 10.1. The molecule has 1 amide bonds. The Kier molecular flexibility index (Phi) is 5.25. The molecule has 3 aliphatic carbocycles. The topological polar surface area (TPSA) is 73.1 Å². The van der Waals surface area contributed by atoms with Crippen molar-refractivity contribution < 1.29 is 4.79 Å². The standard InChI is InChI=1S/C26H28ClN5O/c27-23-12-16(7-8-29-23)11-20-13-21(14-28)25(30-24(20)18-3-4-18)31-9-10-32(26(33)19-5-6-19)22(15-31)17-1-2-17/h7-8,12-13,17-19,22H,1-6,9-11,15H2/t22-/m0/s1. The van der Waals surface area contributed by atoms with Crippen LogP contribution in [0.4, 0.5) is 5.82 Å². The zero-order chi connectivity index (χ0) is 22.5. The molecule has 33 heavy (non-hydrogen) atoms. The van der Waals surface area contributed by atoms with Crippen LogP contribution in [-0.2, 0) is 11.2 Å². The molecule has 0 bridgehead atoms. The summed E-state index contributed by atoms with van der Waals surface area (Å²) in [6.45, 7) is 2.26. The summed E-state index contributed by atoms with van der Waals surface area (Å²) in [4.78, 5) is 26.5. The van der Waals surface area contributed by atoms with Gasteiger partial charge in [0, 0.05) is 43.4 Å². The van der Waals surface area contributed by atoms with Crippen molar-refractivity contribution in [2.24, 2.45) is 11.8 Å². The van der Waals surface area contributed by atoms with E-state index in [-0.39, 0.29) is 12.0 Å². The van der Waals surface area contributed by atoms with E-state index in [0.29, 0.717) is 34.9 Å². The van der Waals surface area contributed by atoms with Gasteiger partial charge in [-0.3, -0.25) is 4.79 Å². The minimum absolute atomic E-state index is 0.253. The van der Waals surface area contributed by atoms with Crippen molar-refractivity contribution in [2.45, 2.75) is 56.9 Å². The van der Waals surface area contributed by atoms with Gasteiger partial charge in [-0.05, 0) is 80.2 Å². The molecule has 0 unspecified atom stereocenters. The van der Waals surface area contributed by atoms with Crippen LogP contribution in [0.15, 0.2) is 24.4 Å². The summed E-state index contributed by atoms with van der Waals surface area (Å²) in [5, 5.41) is 10.5. The average molecular weight is 462 g/mol. The number of carbonyl (C=O) groups excluding carboxylic acids is 1. The van der Waals surface area contributed by atoms with E-state index in [0.717, 1.165) is 68.0 Å². The fourth-order valence-corrected chi connectivity index (χ4v) is 5.43. The third kappa shape index (κ3) is 4.31. The minimum Gasteiger partial charge on any atom is -0.352 e. The SMILES string of the molecule is N#Cc1cc(Cc2ccnc(Cl)c2)c(C2CC2)nc1N1CCN(C(=O)C2CC2)[C@H](C2CC2)C1. The summed E-state index contributed by atoms with van der Waals surface area (Å²) in [5.74, 6) is 2.48. The molecule has 3 saturated carbocycles. The number of rotatable bonds is 6. The zero-order valence-corrected chi connectivity index (χ0v) is 19.5. The van der Waals surface area contributed by atoms with Crippen molar-refractivity contribution in [3.63, 3.8) is 0 Å². The number of nitriles is 1. The smallest absolute Gasteiger partial charge is 0.226 e. The molecule has 1 atom stereocenters. The summed E-state index contributed by atoms with van der Waals surface area (Å²) in [6, 6.07) is 8.56. The largest absolute Gasteiger partial charge is 0.352 e. The first-order valence-corrected chi connectivity index (χ1v) is 12.6. The Bertz CT molecular complexity index is 1130. The van der Waals surface area contributed by atoms with Crippen LogP contribution >= 0.6 is 11.6 Å². The predicted molar refractivity (Wildman–Crippen MR) is 126 cm³/mol. The van der Waals surface area contributed by atoms with Gasteiger partial charge in [0.15, 0.2) is 0 Å². The van der Waals surface area contributed by atoms with E-state index in [9.17, 15) is 10.1 Å². The normalized spacial score (nSPS) is 22.8. The van der Waals surface area contributed by atoms with Crippen LogP contribution in [0.3, 0.4) is 0 Å². The molecule has 7 heteroatoms. The van der Waals surface area contributed by atoms with Gasteiger partial charge in [0.2, 0.25) is 5.91 Å². The van der Waals surface area contributed by atoms with Gasteiger partial charge in [-0.15, -0.1) is 0 Å². The molecule has 170 valence electrons. The first-order chi connectivity index (χ1) is 16.1. The van der Waals surface area contributed by atoms with Gasteiger partial charge in [0.25, 0.3) is 0 Å². The summed E-state index contributed by atoms with van der Waals surface area (Å²) in [5.41, 5.74) is 3.94. The lowest BCUT2D eigenvalue weighted by atomic mass is 9.99. The molecule has 2 aromatic heterocycles. The fourth-order valence-electron chi connectivity index (χ4n) is 5.23. The molecule has 0 N–H and O–H groups in total. The predicted octanol–water partition coefficient (Wildman–Crippen LogP) is 4.31. The first-order valence-electron chi connectivity index (χ1n) is 12.2. The van der Waals surface area contributed by atoms with Gasteiger partial charge in [-0.25, -0.2) is 9.97 Å². The molecule has 1 saturated heterocycles. The van der Waals surface area contributed by atoms with Gasteiger partial charge < -0.3 is 9.80 Å². The molecule has 4 fully saturated rings. The molecule has 6 rings (SSSR count). The molecule has 6 nitrogen and oxygen atoms in total. The van der Waals surface area contributed by atoms with Crippen LogP contribution in [0, 0.1) is 23.2 Å². The lowest BCUT2D eigenvalue weighted by Gasteiger charge is -2.43. The van der Waals surface area contributed by atoms with E-state index in [1.54, 1.807) is 6.20 Å². The van der Waals surface area contributed by atoms with Crippen molar-refractivity contribution in [2.75, 3.05) is 24.5 Å². The minimum atomic E-state index is 0.253. The molecular formula is C26H28ClN5O. The maximum absolute atomic E-state index is 12.9. The number of amides is 1. The Hall–Kier alpha value is -2.65. The average Bonchev–Trinajstić information content (AvgIpc) is 3.67. The molecule has 1 aliphatic heterocycles. The zero-order valence-electron chi connectivity index (χ0n) is 18.7. The lowest BCUT2D eigenvalue weighted by Crippen LogP contribution is -2.57. The molecule has 3 heterocycles. The van der Waals surface area contributed by atoms with Gasteiger partial charge in [-0.1, -0.05) is 11.6 Å². The van der Waals surface area contributed by atoms with Crippen molar-refractivity contribution in [3.8, 4) is 6.07 Å². The number of aromatic nitrogens is 2. The van der Waals surface area contributed by atoms with E-state index >= 15 is 0 Å². The summed E-state index contributed by atoms with van der Waals surface area (Å²) < 4.78 is 0. The van der Waals surface area contributed by atoms with Crippen LogP contribution in [-0.4, -0.2) is 46.5 Å². The van der Waals surface area contributed by atoms with Crippen LogP contribution in [0.1, 0.15) is 66.8 Å². The van der Waals surface area contributed by atoms with E-state index in [1.165, 1.54) is 12.8 Å². The maximum Gasteiger partial charge on any atom is 0.226 e. The van der Waals surface area contributed by atoms with Crippen molar-refractivity contribution in [3.05, 3.63) is 51.9 Å². The van der Waals surface area contributed by atoms with E-state index < -0.39 is 0 Å². The maximum atomic E-state index is 12.9. The van der Waals surface area contributed by atoms with Crippen LogP contribution < -0.4 is 4.90 Å². The summed E-state index contributed by atoms with van der Waals surface area (Å²) in [6.07, 6.45) is 9.22. The Morgan fingerprint density at radius 3 is 2.64 bits per heavy atom. The number of hydrogen-bond acceptors (Lipinski definition) is 5. The molecule has 0 radical (unpaired) electrons. The number of carbonyl (C=O) groups is 1. The van der Waals surface area contributed by atoms with Gasteiger partial charge >= 0.3 is 0 Å². The summed E-state index contributed by atoms with van der Waals surface area (Å²) >= 11 is 6.10. The second kappa shape index (κ2) is 8.29. The van der Waals surface area contributed by atoms with Crippen molar-refractivity contribution >= 4 is 23.3 Å². The van der Waals surface area contributed by atoms with Crippen molar-refractivity contribution in [1.82, 2.24) is 14.9 Å². The highest BCUT2D eigenvalue weighted by atomic mass is 35.5.